The van der Waals surface area contributed by atoms with Crippen LogP contribution in [0.4, 0.5) is 0 Å². The van der Waals surface area contributed by atoms with Crippen molar-refractivity contribution in [1.29, 1.82) is 0 Å². The lowest BCUT2D eigenvalue weighted by Crippen LogP contribution is -2.46. The predicted octanol–water partition coefficient (Wildman–Crippen LogP) is 4.78. The van der Waals surface area contributed by atoms with Gasteiger partial charge in [-0.25, -0.2) is 4.98 Å². The quantitative estimate of drug-likeness (QED) is 0.697. The zero-order chi connectivity index (χ0) is 19.3. The van der Waals surface area contributed by atoms with Crippen LogP contribution in [0, 0.1) is 5.92 Å². The van der Waals surface area contributed by atoms with E-state index in [0.29, 0.717) is 18.6 Å². The second-order valence-corrected chi connectivity index (χ2v) is 9.19. The maximum atomic E-state index is 13.1. The number of carbonyl (C=O) groups is 1. The summed E-state index contributed by atoms with van der Waals surface area (Å²) in [5, 5.41) is 6.19. The molecule has 0 aliphatic heterocycles. The van der Waals surface area contributed by atoms with Crippen LogP contribution >= 0.6 is 11.3 Å². The maximum absolute atomic E-state index is 13.1. The van der Waals surface area contributed by atoms with E-state index < -0.39 is 0 Å². The van der Waals surface area contributed by atoms with Crippen molar-refractivity contribution in [2.45, 2.75) is 70.0 Å². The number of rotatable bonds is 8. The van der Waals surface area contributed by atoms with Crippen molar-refractivity contribution in [3.05, 3.63) is 52.5 Å². The third-order valence-electron chi connectivity index (χ3n) is 6.34. The first kappa shape index (κ1) is 19.6. The summed E-state index contributed by atoms with van der Waals surface area (Å²) in [5.74, 6) is 1.01. The van der Waals surface area contributed by atoms with E-state index in [1.54, 1.807) is 11.3 Å². The fourth-order valence-electron chi connectivity index (χ4n) is 4.53. The van der Waals surface area contributed by atoms with E-state index in [9.17, 15) is 4.79 Å². The second-order valence-electron chi connectivity index (χ2n) is 8.27. The Hall–Kier alpha value is -1.72. The predicted molar refractivity (Wildman–Crippen MR) is 114 cm³/mol. The minimum absolute atomic E-state index is 0.119. The summed E-state index contributed by atoms with van der Waals surface area (Å²) >= 11 is 1.60. The zero-order valence-electron chi connectivity index (χ0n) is 16.7. The van der Waals surface area contributed by atoms with Crippen LogP contribution in [-0.4, -0.2) is 34.4 Å². The summed E-state index contributed by atoms with van der Waals surface area (Å²) in [5.41, 5.74) is 1.09. The van der Waals surface area contributed by atoms with Gasteiger partial charge in [-0.05, 0) is 50.0 Å². The van der Waals surface area contributed by atoms with Gasteiger partial charge in [0.05, 0.1) is 6.54 Å². The van der Waals surface area contributed by atoms with Crippen molar-refractivity contribution < 1.29 is 4.79 Å². The highest BCUT2D eigenvalue weighted by Crippen LogP contribution is 2.36. The van der Waals surface area contributed by atoms with Crippen LogP contribution in [0.5, 0.6) is 0 Å². The Morgan fingerprint density at radius 3 is 2.39 bits per heavy atom. The minimum Gasteiger partial charge on any atom is -0.342 e. The van der Waals surface area contributed by atoms with E-state index in [0.717, 1.165) is 16.5 Å². The van der Waals surface area contributed by atoms with Crippen LogP contribution in [0.25, 0.3) is 0 Å². The average molecular weight is 398 g/mol. The minimum atomic E-state index is -0.161. The van der Waals surface area contributed by atoms with E-state index in [-0.39, 0.29) is 11.9 Å². The van der Waals surface area contributed by atoms with Crippen LogP contribution in [-0.2, 0) is 4.79 Å². The Kier molecular flexibility index (Phi) is 6.43. The second kappa shape index (κ2) is 9.19. The molecule has 1 aromatic carbocycles. The lowest BCUT2D eigenvalue weighted by molar-refractivity contribution is -0.123. The number of amides is 1. The smallest absolute Gasteiger partial charge is 0.235 e. The third-order valence-corrected chi connectivity index (χ3v) is 7.18. The molecule has 1 heterocycles. The van der Waals surface area contributed by atoms with Crippen molar-refractivity contribution in [3.63, 3.8) is 0 Å². The summed E-state index contributed by atoms with van der Waals surface area (Å²) < 4.78 is 0. The standard InChI is InChI=1S/C23H31N3OS/c1-2-17-8-10-19(11-9-17)26(20-12-13-20)16-21(27)25-22(23-24-14-15-28-23)18-6-4-3-5-7-18/h3-7,14-15,17,19-20,22H,2,8-13,16H2,1H3,(H,25,27). The number of thiazole rings is 1. The molecule has 2 aliphatic carbocycles. The Labute approximate surface area is 172 Å². The lowest BCUT2D eigenvalue weighted by atomic mass is 9.84. The Bertz CT molecular complexity index is 736. The summed E-state index contributed by atoms with van der Waals surface area (Å²) in [7, 11) is 0. The van der Waals surface area contributed by atoms with Gasteiger partial charge in [0.2, 0.25) is 5.91 Å². The largest absolute Gasteiger partial charge is 0.342 e. The molecule has 1 atom stereocenters. The van der Waals surface area contributed by atoms with Crippen LogP contribution in [0.3, 0.4) is 0 Å². The van der Waals surface area contributed by atoms with Gasteiger partial charge in [-0.3, -0.25) is 9.69 Å². The number of benzene rings is 1. The third kappa shape index (κ3) is 4.81. The fraction of sp³-hybridized carbons (Fsp3) is 0.565. The number of nitrogens with one attached hydrogen (secondary N) is 1. The fourth-order valence-corrected chi connectivity index (χ4v) is 5.24. The molecule has 0 bridgehead atoms. The molecule has 0 saturated heterocycles. The SMILES string of the molecule is CCC1CCC(N(CC(=O)NC(c2ccccc2)c2nccs2)C2CC2)CC1. The number of hydrogen-bond donors (Lipinski definition) is 1. The molecule has 1 unspecified atom stereocenters. The van der Waals surface area contributed by atoms with Crippen molar-refractivity contribution in [2.75, 3.05) is 6.54 Å². The Balaban J connectivity index is 1.42. The van der Waals surface area contributed by atoms with E-state index >= 15 is 0 Å². The molecule has 2 aromatic rings. The van der Waals surface area contributed by atoms with Gasteiger partial charge in [-0.2, -0.15) is 0 Å². The zero-order valence-corrected chi connectivity index (χ0v) is 17.5. The van der Waals surface area contributed by atoms with Crippen LogP contribution in [0.15, 0.2) is 41.9 Å². The van der Waals surface area contributed by atoms with E-state index in [1.807, 2.05) is 29.8 Å². The van der Waals surface area contributed by atoms with Gasteiger partial charge in [-0.15, -0.1) is 11.3 Å². The number of hydrogen-bond acceptors (Lipinski definition) is 4. The number of aromatic nitrogens is 1. The average Bonchev–Trinajstić information content (AvgIpc) is 3.44. The molecular weight excluding hydrogens is 366 g/mol. The molecule has 1 aromatic heterocycles. The van der Waals surface area contributed by atoms with Gasteiger partial charge >= 0.3 is 0 Å². The molecule has 5 heteroatoms. The number of nitrogens with zero attached hydrogens (tertiary/aromatic N) is 2. The highest BCUT2D eigenvalue weighted by Gasteiger charge is 2.37. The first-order valence-corrected chi connectivity index (χ1v) is 11.6. The van der Waals surface area contributed by atoms with E-state index in [4.69, 9.17) is 0 Å². The van der Waals surface area contributed by atoms with Gasteiger partial charge in [0.1, 0.15) is 11.0 Å². The molecule has 28 heavy (non-hydrogen) atoms. The van der Waals surface area contributed by atoms with Crippen molar-refractivity contribution >= 4 is 17.2 Å². The van der Waals surface area contributed by atoms with Crippen molar-refractivity contribution in [2.24, 2.45) is 5.92 Å². The molecule has 150 valence electrons. The topological polar surface area (TPSA) is 45.2 Å². The molecule has 1 N–H and O–H groups in total. The molecule has 1 amide bonds. The van der Waals surface area contributed by atoms with E-state index in [2.05, 4.69) is 34.3 Å². The van der Waals surface area contributed by atoms with Gasteiger partial charge in [-0.1, -0.05) is 43.7 Å². The summed E-state index contributed by atoms with van der Waals surface area (Å²) in [6, 6.07) is 11.2. The van der Waals surface area contributed by atoms with Gasteiger partial charge in [0, 0.05) is 23.7 Å². The van der Waals surface area contributed by atoms with E-state index in [1.165, 1.54) is 44.9 Å². The lowest BCUT2D eigenvalue weighted by Gasteiger charge is -2.36. The molecule has 4 nitrogen and oxygen atoms in total. The monoisotopic (exact) mass is 397 g/mol. The number of carbonyl (C=O) groups excluding carboxylic acids is 1. The highest BCUT2D eigenvalue weighted by atomic mass is 32.1. The summed E-state index contributed by atoms with van der Waals surface area (Å²) in [6.07, 6.45) is 10.7. The van der Waals surface area contributed by atoms with Crippen molar-refractivity contribution in [3.8, 4) is 0 Å². The van der Waals surface area contributed by atoms with Gasteiger partial charge in [0.25, 0.3) is 0 Å². The molecule has 2 fully saturated rings. The van der Waals surface area contributed by atoms with Gasteiger partial charge < -0.3 is 5.32 Å². The Morgan fingerprint density at radius 1 is 1.14 bits per heavy atom. The molecule has 0 radical (unpaired) electrons. The molecule has 4 rings (SSSR count). The first-order valence-electron chi connectivity index (χ1n) is 10.7. The van der Waals surface area contributed by atoms with Crippen LogP contribution < -0.4 is 5.32 Å². The molecule has 2 aliphatic rings. The maximum Gasteiger partial charge on any atom is 0.235 e. The Morgan fingerprint density at radius 2 is 1.82 bits per heavy atom. The normalized spacial score (nSPS) is 23.5. The molecule has 2 saturated carbocycles. The van der Waals surface area contributed by atoms with Crippen LogP contribution in [0.2, 0.25) is 0 Å². The van der Waals surface area contributed by atoms with Crippen molar-refractivity contribution in [1.82, 2.24) is 15.2 Å². The molecular formula is C23H31N3OS. The summed E-state index contributed by atoms with van der Waals surface area (Å²) in [4.78, 5) is 20.0. The molecule has 0 spiro atoms. The first-order chi connectivity index (χ1) is 13.7. The summed E-state index contributed by atoms with van der Waals surface area (Å²) in [6.45, 7) is 2.82. The van der Waals surface area contributed by atoms with Crippen LogP contribution in [0.1, 0.15) is 68.5 Å². The van der Waals surface area contributed by atoms with Gasteiger partial charge in [0.15, 0.2) is 0 Å². The highest BCUT2D eigenvalue weighted by molar-refractivity contribution is 7.09.